The summed E-state index contributed by atoms with van der Waals surface area (Å²) in [5.74, 6) is 1.55. The zero-order chi connectivity index (χ0) is 14.7. The Morgan fingerprint density at radius 1 is 1.30 bits per heavy atom. The molecular formula is C15H17Cl2N3. The molecule has 5 heteroatoms. The van der Waals surface area contributed by atoms with Crippen LogP contribution in [0.4, 0.5) is 0 Å². The highest BCUT2D eigenvalue weighted by molar-refractivity contribution is 6.42. The van der Waals surface area contributed by atoms with Crippen LogP contribution in [0.1, 0.15) is 32.5 Å². The number of aromatic nitrogens is 2. The number of hydrogen-bond donors (Lipinski definition) is 0. The normalized spacial score (nSPS) is 11.2. The van der Waals surface area contributed by atoms with E-state index < -0.39 is 0 Å². The summed E-state index contributed by atoms with van der Waals surface area (Å²) in [4.78, 5) is 4.67. The molecule has 0 aliphatic heterocycles. The summed E-state index contributed by atoms with van der Waals surface area (Å²) < 4.78 is 2.16. The van der Waals surface area contributed by atoms with Crippen LogP contribution in [-0.2, 0) is 13.0 Å². The van der Waals surface area contributed by atoms with Gasteiger partial charge < -0.3 is 4.57 Å². The lowest BCUT2D eigenvalue weighted by Gasteiger charge is -2.10. The number of fused-ring (bicyclic) bond motifs is 1. The number of rotatable bonds is 5. The molecule has 0 N–H and O–H groups in total. The third kappa shape index (κ3) is 3.26. The van der Waals surface area contributed by atoms with E-state index in [9.17, 15) is 0 Å². The van der Waals surface area contributed by atoms with Crippen LogP contribution in [0.5, 0.6) is 0 Å². The van der Waals surface area contributed by atoms with Gasteiger partial charge in [0, 0.05) is 19.4 Å². The van der Waals surface area contributed by atoms with Crippen LogP contribution in [0.25, 0.3) is 11.0 Å². The Hall–Kier alpha value is -1.24. The van der Waals surface area contributed by atoms with Crippen molar-refractivity contribution in [3.63, 3.8) is 0 Å². The van der Waals surface area contributed by atoms with Crippen molar-refractivity contribution in [2.75, 3.05) is 0 Å². The van der Waals surface area contributed by atoms with Crippen LogP contribution in [0.15, 0.2) is 12.1 Å². The Kier molecular flexibility index (Phi) is 4.91. The van der Waals surface area contributed by atoms with Crippen molar-refractivity contribution < 1.29 is 0 Å². The molecule has 0 radical (unpaired) electrons. The summed E-state index contributed by atoms with van der Waals surface area (Å²) in [5.41, 5.74) is 1.86. The fraction of sp³-hybridized carbons (Fsp3) is 0.467. The van der Waals surface area contributed by atoms with Crippen molar-refractivity contribution in [2.45, 2.75) is 39.7 Å². The van der Waals surface area contributed by atoms with Crippen LogP contribution >= 0.6 is 23.2 Å². The van der Waals surface area contributed by atoms with Crippen molar-refractivity contribution in [1.82, 2.24) is 9.55 Å². The number of nitriles is 1. The Labute approximate surface area is 129 Å². The molecule has 0 fully saturated rings. The van der Waals surface area contributed by atoms with E-state index in [0.717, 1.165) is 36.2 Å². The standard InChI is InChI=1S/C15H17Cl2N3/c1-10(2)7-15-19-13-8-11(16)12(17)9-14(13)20(15)6-4-3-5-18/h8-10H,3-4,6-7H2,1-2H3. The maximum atomic E-state index is 8.69. The molecule has 0 unspecified atom stereocenters. The van der Waals surface area contributed by atoms with Crippen LogP contribution < -0.4 is 0 Å². The molecule has 2 aromatic rings. The highest BCUT2D eigenvalue weighted by atomic mass is 35.5. The van der Waals surface area contributed by atoms with Crippen LogP contribution in [0.3, 0.4) is 0 Å². The molecule has 0 saturated carbocycles. The molecule has 0 saturated heterocycles. The zero-order valence-electron chi connectivity index (χ0n) is 11.7. The van der Waals surface area contributed by atoms with Crippen molar-refractivity contribution in [3.8, 4) is 6.07 Å². The van der Waals surface area contributed by atoms with Crippen LogP contribution in [-0.4, -0.2) is 9.55 Å². The molecule has 0 aliphatic rings. The number of imidazole rings is 1. The zero-order valence-corrected chi connectivity index (χ0v) is 13.2. The van der Waals surface area contributed by atoms with E-state index in [4.69, 9.17) is 28.5 Å². The van der Waals surface area contributed by atoms with Crippen LogP contribution in [0, 0.1) is 17.2 Å². The van der Waals surface area contributed by atoms with E-state index >= 15 is 0 Å². The number of aryl methyl sites for hydroxylation is 1. The summed E-state index contributed by atoms with van der Waals surface area (Å²) in [5, 5.41) is 9.75. The molecule has 20 heavy (non-hydrogen) atoms. The lowest BCUT2D eigenvalue weighted by molar-refractivity contribution is 0.568. The van der Waals surface area contributed by atoms with Gasteiger partial charge in [-0.3, -0.25) is 0 Å². The SMILES string of the molecule is CC(C)Cc1nc2cc(Cl)c(Cl)cc2n1CCCC#N. The van der Waals surface area contributed by atoms with E-state index in [1.54, 1.807) is 0 Å². The van der Waals surface area contributed by atoms with E-state index in [0.29, 0.717) is 22.4 Å². The maximum absolute atomic E-state index is 8.69. The first-order chi connectivity index (χ1) is 9.52. The van der Waals surface area contributed by atoms with Gasteiger partial charge in [-0.15, -0.1) is 0 Å². The lowest BCUT2D eigenvalue weighted by Crippen LogP contribution is -2.07. The van der Waals surface area contributed by atoms with Gasteiger partial charge in [-0.1, -0.05) is 37.0 Å². The Bertz CT molecular complexity index is 653. The van der Waals surface area contributed by atoms with E-state index in [1.165, 1.54) is 0 Å². The van der Waals surface area contributed by atoms with Crippen molar-refractivity contribution in [3.05, 3.63) is 28.0 Å². The molecule has 2 rings (SSSR count). The number of unbranched alkanes of at least 4 members (excludes halogenated alkanes) is 1. The molecule has 1 aromatic heterocycles. The quantitative estimate of drug-likeness (QED) is 0.741. The average molecular weight is 310 g/mol. The van der Waals surface area contributed by atoms with E-state index in [-0.39, 0.29) is 0 Å². The van der Waals surface area contributed by atoms with Gasteiger partial charge in [0.05, 0.1) is 27.1 Å². The molecule has 0 atom stereocenters. The molecule has 1 heterocycles. The molecule has 0 bridgehead atoms. The topological polar surface area (TPSA) is 41.6 Å². The molecule has 3 nitrogen and oxygen atoms in total. The molecule has 1 aromatic carbocycles. The lowest BCUT2D eigenvalue weighted by atomic mass is 10.1. The molecule has 0 spiro atoms. The van der Waals surface area contributed by atoms with Crippen LogP contribution in [0.2, 0.25) is 10.0 Å². The number of hydrogen-bond acceptors (Lipinski definition) is 2. The summed E-state index contributed by atoms with van der Waals surface area (Å²) in [7, 11) is 0. The van der Waals surface area contributed by atoms with Gasteiger partial charge in [0.2, 0.25) is 0 Å². The predicted octanol–water partition coefficient (Wildman–Crippen LogP) is 4.85. The Balaban J connectivity index is 2.47. The summed E-state index contributed by atoms with van der Waals surface area (Å²) in [6.45, 7) is 5.11. The van der Waals surface area contributed by atoms with Gasteiger partial charge in [-0.2, -0.15) is 5.26 Å². The van der Waals surface area contributed by atoms with Gasteiger partial charge in [0.1, 0.15) is 5.82 Å². The largest absolute Gasteiger partial charge is 0.328 e. The smallest absolute Gasteiger partial charge is 0.110 e. The monoisotopic (exact) mass is 309 g/mol. The number of halogens is 2. The minimum absolute atomic E-state index is 0.521. The second-order valence-corrected chi connectivity index (χ2v) is 6.11. The van der Waals surface area contributed by atoms with Crippen molar-refractivity contribution >= 4 is 34.2 Å². The highest BCUT2D eigenvalue weighted by Gasteiger charge is 2.13. The summed E-state index contributed by atoms with van der Waals surface area (Å²) in [6.07, 6.45) is 2.26. The summed E-state index contributed by atoms with van der Waals surface area (Å²) in [6, 6.07) is 5.85. The summed E-state index contributed by atoms with van der Waals surface area (Å²) >= 11 is 12.2. The molecule has 106 valence electrons. The molecule has 0 amide bonds. The van der Waals surface area contributed by atoms with Gasteiger partial charge >= 0.3 is 0 Å². The first-order valence-corrected chi connectivity index (χ1v) is 7.49. The van der Waals surface area contributed by atoms with E-state index in [1.807, 2.05) is 12.1 Å². The predicted molar refractivity (Wildman–Crippen MR) is 83.1 cm³/mol. The van der Waals surface area contributed by atoms with E-state index in [2.05, 4.69) is 29.5 Å². The first kappa shape index (κ1) is 15.2. The second kappa shape index (κ2) is 6.47. The Morgan fingerprint density at radius 2 is 2.00 bits per heavy atom. The Morgan fingerprint density at radius 3 is 2.65 bits per heavy atom. The highest BCUT2D eigenvalue weighted by Crippen LogP contribution is 2.29. The van der Waals surface area contributed by atoms with Gasteiger partial charge in [0.25, 0.3) is 0 Å². The third-order valence-corrected chi connectivity index (χ3v) is 3.85. The third-order valence-electron chi connectivity index (χ3n) is 3.13. The van der Waals surface area contributed by atoms with Gasteiger partial charge in [-0.25, -0.2) is 4.98 Å². The molecule has 0 aliphatic carbocycles. The maximum Gasteiger partial charge on any atom is 0.110 e. The van der Waals surface area contributed by atoms with Gasteiger partial charge in [-0.05, 0) is 24.5 Å². The minimum Gasteiger partial charge on any atom is -0.328 e. The van der Waals surface area contributed by atoms with Gasteiger partial charge in [0.15, 0.2) is 0 Å². The minimum atomic E-state index is 0.521. The van der Waals surface area contributed by atoms with Crippen molar-refractivity contribution in [1.29, 1.82) is 5.26 Å². The number of benzene rings is 1. The average Bonchev–Trinajstić information content (AvgIpc) is 2.67. The number of nitrogens with zero attached hydrogens (tertiary/aromatic N) is 3. The second-order valence-electron chi connectivity index (χ2n) is 5.29. The van der Waals surface area contributed by atoms with Crippen molar-refractivity contribution in [2.24, 2.45) is 5.92 Å². The first-order valence-electron chi connectivity index (χ1n) is 6.74. The molecular weight excluding hydrogens is 293 g/mol. The fourth-order valence-electron chi connectivity index (χ4n) is 2.26. The fourth-order valence-corrected chi connectivity index (χ4v) is 2.57.